The number of hydrogen-bond acceptors (Lipinski definition) is 1. The van der Waals surface area contributed by atoms with Gasteiger partial charge in [-0.3, -0.25) is 0 Å². The molecule has 0 saturated carbocycles. The molecule has 114 valence electrons. The third-order valence-electron chi connectivity index (χ3n) is 4.04. The van der Waals surface area contributed by atoms with Gasteiger partial charge in [0.2, 0.25) is 0 Å². The molecule has 1 aromatic carbocycles. The van der Waals surface area contributed by atoms with Gasteiger partial charge in [0.25, 0.3) is 0 Å². The molecule has 0 spiro atoms. The molecule has 20 heavy (non-hydrogen) atoms. The lowest BCUT2D eigenvalue weighted by molar-refractivity contribution is 0.584. The summed E-state index contributed by atoms with van der Waals surface area (Å²) in [5, 5.41) is 3.48. The van der Waals surface area contributed by atoms with E-state index in [0.29, 0.717) is 0 Å². The van der Waals surface area contributed by atoms with Crippen LogP contribution in [0.4, 0.5) is 0 Å². The summed E-state index contributed by atoms with van der Waals surface area (Å²) in [6.07, 6.45) is 10.2. The van der Waals surface area contributed by atoms with Crippen molar-refractivity contribution in [3.8, 4) is 0 Å². The summed E-state index contributed by atoms with van der Waals surface area (Å²) in [4.78, 5) is 0. The highest BCUT2D eigenvalue weighted by Gasteiger charge is 2.02. The van der Waals surface area contributed by atoms with Gasteiger partial charge in [0.15, 0.2) is 0 Å². The van der Waals surface area contributed by atoms with Gasteiger partial charge in [-0.2, -0.15) is 0 Å². The fraction of sp³-hybridized carbons (Fsp3) is 0.684. The maximum atomic E-state index is 3.48. The van der Waals surface area contributed by atoms with Crippen molar-refractivity contribution in [3.05, 3.63) is 34.9 Å². The predicted molar refractivity (Wildman–Crippen MR) is 90.5 cm³/mol. The Morgan fingerprint density at radius 1 is 0.800 bits per heavy atom. The minimum absolute atomic E-state index is 1.15. The molecule has 0 fully saturated rings. The molecule has 0 heterocycles. The Morgan fingerprint density at radius 2 is 1.60 bits per heavy atom. The summed E-state index contributed by atoms with van der Waals surface area (Å²) in [7, 11) is 0. The zero-order valence-corrected chi connectivity index (χ0v) is 13.8. The van der Waals surface area contributed by atoms with Crippen molar-refractivity contribution in [1.82, 2.24) is 5.32 Å². The van der Waals surface area contributed by atoms with Gasteiger partial charge in [0, 0.05) is 0 Å². The third kappa shape index (κ3) is 6.56. The molecule has 1 N–H and O–H groups in total. The van der Waals surface area contributed by atoms with Crippen LogP contribution in [-0.4, -0.2) is 13.1 Å². The molecule has 0 atom stereocenters. The summed E-state index contributed by atoms with van der Waals surface area (Å²) in [5.74, 6) is 0. The molecule has 0 radical (unpaired) electrons. The second-order valence-corrected chi connectivity index (χ2v) is 5.72. The maximum absolute atomic E-state index is 3.48. The minimum Gasteiger partial charge on any atom is -0.317 e. The van der Waals surface area contributed by atoms with E-state index in [-0.39, 0.29) is 0 Å². The van der Waals surface area contributed by atoms with Crippen molar-refractivity contribution in [2.24, 2.45) is 0 Å². The van der Waals surface area contributed by atoms with Crippen molar-refractivity contribution in [2.45, 2.75) is 72.1 Å². The van der Waals surface area contributed by atoms with E-state index in [0.717, 1.165) is 6.42 Å². The predicted octanol–water partition coefficient (Wildman–Crippen LogP) is 4.91. The molecule has 0 aliphatic heterocycles. The van der Waals surface area contributed by atoms with Crippen LogP contribution in [0.15, 0.2) is 18.2 Å². The van der Waals surface area contributed by atoms with Crippen LogP contribution in [-0.2, 0) is 19.3 Å². The smallest absolute Gasteiger partial charge is 0.00489 e. The molecule has 1 rings (SSSR count). The standard InChI is InChI=1S/C19H33N/c1-4-14-20-15-10-8-7-9-11-19-16-17(5-2)12-13-18(19)6-3/h12-13,16,20H,4-11,14-15H2,1-3H3. The van der Waals surface area contributed by atoms with Gasteiger partial charge in [-0.15, -0.1) is 0 Å². The lowest BCUT2D eigenvalue weighted by Crippen LogP contribution is -2.15. The summed E-state index contributed by atoms with van der Waals surface area (Å²) in [6.45, 7) is 9.10. The molecule has 0 bridgehead atoms. The Hall–Kier alpha value is -0.820. The normalized spacial score (nSPS) is 10.9. The average Bonchev–Trinajstić information content (AvgIpc) is 2.49. The van der Waals surface area contributed by atoms with E-state index in [1.54, 1.807) is 11.1 Å². The van der Waals surface area contributed by atoms with Gasteiger partial charge in [-0.25, -0.2) is 0 Å². The monoisotopic (exact) mass is 275 g/mol. The number of aryl methyl sites for hydroxylation is 3. The van der Waals surface area contributed by atoms with Crippen molar-refractivity contribution < 1.29 is 0 Å². The van der Waals surface area contributed by atoms with Gasteiger partial charge >= 0.3 is 0 Å². The van der Waals surface area contributed by atoms with Gasteiger partial charge in [0.1, 0.15) is 0 Å². The van der Waals surface area contributed by atoms with Gasteiger partial charge in [0.05, 0.1) is 0 Å². The van der Waals surface area contributed by atoms with Gasteiger partial charge in [-0.05, 0) is 68.3 Å². The molecule has 0 unspecified atom stereocenters. The van der Waals surface area contributed by atoms with E-state index in [1.807, 2.05) is 0 Å². The first kappa shape index (κ1) is 17.2. The fourth-order valence-corrected chi connectivity index (χ4v) is 2.70. The van der Waals surface area contributed by atoms with E-state index < -0.39 is 0 Å². The van der Waals surface area contributed by atoms with Crippen LogP contribution in [0.3, 0.4) is 0 Å². The fourth-order valence-electron chi connectivity index (χ4n) is 2.70. The van der Waals surface area contributed by atoms with Crippen molar-refractivity contribution in [1.29, 1.82) is 0 Å². The Kier molecular flexibility index (Phi) is 9.40. The number of nitrogens with one attached hydrogen (secondary N) is 1. The Balaban J connectivity index is 2.24. The molecular weight excluding hydrogens is 242 g/mol. The average molecular weight is 275 g/mol. The molecule has 1 nitrogen and oxygen atoms in total. The highest BCUT2D eigenvalue weighted by molar-refractivity contribution is 5.32. The quantitative estimate of drug-likeness (QED) is 0.566. The highest BCUT2D eigenvalue weighted by Crippen LogP contribution is 2.17. The lowest BCUT2D eigenvalue weighted by Gasteiger charge is -2.10. The third-order valence-corrected chi connectivity index (χ3v) is 4.04. The molecule has 1 aromatic rings. The van der Waals surface area contributed by atoms with Crippen molar-refractivity contribution >= 4 is 0 Å². The molecule has 0 amide bonds. The number of rotatable bonds is 11. The molecule has 1 heteroatoms. The molecular formula is C19H33N. The van der Waals surface area contributed by atoms with Crippen molar-refractivity contribution in [3.63, 3.8) is 0 Å². The van der Waals surface area contributed by atoms with Crippen LogP contribution in [0, 0.1) is 0 Å². The minimum atomic E-state index is 1.15. The lowest BCUT2D eigenvalue weighted by atomic mass is 9.96. The van der Waals surface area contributed by atoms with Crippen LogP contribution in [0.1, 0.15) is 69.6 Å². The zero-order chi connectivity index (χ0) is 14.6. The van der Waals surface area contributed by atoms with Crippen LogP contribution >= 0.6 is 0 Å². The van der Waals surface area contributed by atoms with Gasteiger partial charge in [-0.1, -0.05) is 51.8 Å². The molecule has 0 aliphatic rings. The summed E-state index contributed by atoms with van der Waals surface area (Å²) in [5.41, 5.74) is 4.63. The van der Waals surface area contributed by atoms with Crippen molar-refractivity contribution in [2.75, 3.05) is 13.1 Å². The SMILES string of the molecule is CCCNCCCCCCc1cc(CC)ccc1CC. The van der Waals surface area contributed by atoms with E-state index in [1.165, 1.54) is 63.6 Å². The summed E-state index contributed by atoms with van der Waals surface area (Å²) in [6, 6.07) is 7.06. The largest absolute Gasteiger partial charge is 0.317 e. The summed E-state index contributed by atoms with van der Waals surface area (Å²) >= 11 is 0. The first-order valence-corrected chi connectivity index (χ1v) is 8.63. The zero-order valence-electron chi connectivity index (χ0n) is 13.8. The van der Waals surface area contributed by atoms with E-state index in [4.69, 9.17) is 0 Å². The van der Waals surface area contributed by atoms with E-state index in [9.17, 15) is 0 Å². The second kappa shape index (κ2) is 10.9. The Bertz CT molecular complexity index is 357. The summed E-state index contributed by atoms with van der Waals surface area (Å²) < 4.78 is 0. The van der Waals surface area contributed by atoms with E-state index >= 15 is 0 Å². The first-order chi connectivity index (χ1) is 9.81. The molecule has 0 aromatic heterocycles. The topological polar surface area (TPSA) is 12.0 Å². The Labute approximate surface area is 126 Å². The van der Waals surface area contributed by atoms with E-state index in [2.05, 4.69) is 44.3 Å². The number of benzene rings is 1. The number of unbranched alkanes of at least 4 members (excludes halogenated alkanes) is 3. The Morgan fingerprint density at radius 3 is 2.30 bits per heavy atom. The second-order valence-electron chi connectivity index (χ2n) is 5.72. The van der Waals surface area contributed by atoms with Crippen LogP contribution < -0.4 is 5.32 Å². The van der Waals surface area contributed by atoms with Gasteiger partial charge < -0.3 is 5.32 Å². The van der Waals surface area contributed by atoms with Crippen LogP contribution in [0.2, 0.25) is 0 Å². The first-order valence-electron chi connectivity index (χ1n) is 8.63. The number of hydrogen-bond donors (Lipinski definition) is 1. The van der Waals surface area contributed by atoms with Crippen LogP contribution in [0.5, 0.6) is 0 Å². The molecule has 0 aliphatic carbocycles. The van der Waals surface area contributed by atoms with Crippen LogP contribution in [0.25, 0.3) is 0 Å². The molecule has 0 saturated heterocycles. The maximum Gasteiger partial charge on any atom is -0.00489 e. The highest BCUT2D eigenvalue weighted by atomic mass is 14.8.